The lowest BCUT2D eigenvalue weighted by Gasteiger charge is -2.10. The molecule has 0 amide bonds. The predicted octanol–water partition coefficient (Wildman–Crippen LogP) is 5.21. The Morgan fingerprint density at radius 3 is 2.32 bits per heavy atom. The fourth-order valence-electron chi connectivity index (χ4n) is 1.70. The first-order valence-electron chi connectivity index (χ1n) is 5.47. The van der Waals surface area contributed by atoms with Crippen LogP contribution < -0.4 is 4.74 Å². The zero-order valence-corrected chi connectivity index (χ0v) is 10.7. The van der Waals surface area contributed by atoms with Gasteiger partial charge in [0.1, 0.15) is 5.75 Å². The van der Waals surface area contributed by atoms with E-state index < -0.39 is 6.36 Å². The zero-order valence-electron chi connectivity index (χ0n) is 9.96. The molecular formula is C14H10ClF3O. The average molecular weight is 287 g/mol. The van der Waals surface area contributed by atoms with Gasteiger partial charge < -0.3 is 4.74 Å². The predicted molar refractivity (Wildman–Crippen MR) is 68.3 cm³/mol. The van der Waals surface area contributed by atoms with Crippen molar-refractivity contribution in [1.29, 1.82) is 0 Å². The van der Waals surface area contributed by atoms with Crippen molar-refractivity contribution in [2.24, 2.45) is 0 Å². The van der Waals surface area contributed by atoms with E-state index in [0.717, 1.165) is 11.1 Å². The highest BCUT2D eigenvalue weighted by molar-refractivity contribution is 6.31. The molecule has 0 aliphatic rings. The molecule has 0 unspecified atom stereocenters. The number of alkyl halides is 3. The van der Waals surface area contributed by atoms with Gasteiger partial charge in [-0.1, -0.05) is 29.8 Å². The number of halogens is 4. The summed E-state index contributed by atoms with van der Waals surface area (Å²) < 4.78 is 40.4. The largest absolute Gasteiger partial charge is 0.573 e. The number of ether oxygens (including phenoxy) is 1. The maximum absolute atomic E-state index is 12.2. The molecule has 19 heavy (non-hydrogen) atoms. The molecule has 0 saturated heterocycles. The van der Waals surface area contributed by atoms with E-state index in [-0.39, 0.29) is 5.75 Å². The lowest BCUT2D eigenvalue weighted by Crippen LogP contribution is -2.17. The van der Waals surface area contributed by atoms with Crippen molar-refractivity contribution in [3.63, 3.8) is 0 Å². The fourth-order valence-corrected chi connectivity index (χ4v) is 1.81. The topological polar surface area (TPSA) is 9.23 Å². The number of aryl methyl sites for hydroxylation is 1. The summed E-state index contributed by atoms with van der Waals surface area (Å²) in [6.45, 7) is 1.84. The Bertz CT molecular complexity index is 593. The van der Waals surface area contributed by atoms with Crippen LogP contribution in [0, 0.1) is 6.92 Å². The molecule has 0 radical (unpaired) electrons. The first-order valence-corrected chi connectivity index (χ1v) is 5.85. The Morgan fingerprint density at radius 2 is 1.68 bits per heavy atom. The Kier molecular flexibility index (Phi) is 3.71. The van der Waals surface area contributed by atoms with Gasteiger partial charge in [-0.2, -0.15) is 0 Å². The molecule has 0 N–H and O–H groups in total. The lowest BCUT2D eigenvalue weighted by molar-refractivity contribution is -0.274. The summed E-state index contributed by atoms with van der Waals surface area (Å²) in [5.41, 5.74) is 2.29. The fraction of sp³-hybridized carbons (Fsp3) is 0.143. The average Bonchev–Trinajstić information content (AvgIpc) is 2.31. The third-order valence-corrected chi connectivity index (χ3v) is 2.98. The van der Waals surface area contributed by atoms with Crippen LogP contribution in [0.2, 0.25) is 5.02 Å². The standard InChI is InChI=1S/C14H10ClF3O/c1-9-7-11(5-6-13(9)15)10-3-2-4-12(8-10)19-14(16,17)18/h2-8H,1H3. The normalized spacial score (nSPS) is 11.4. The summed E-state index contributed by atoms with van der Waals surface area (Å²) >= 11 is 5.91. The minimum Gasteiger partial charge on any atom is -0.406 e. The number of hydrogen-bond donors (Lipinski definition) is 0. The van der Waals surface area contributed by atoms with Gasteiger partial charge >= 0.3 is 6.36 Å². The van der Waals surface area contributed by atoms with E-state index in [0.29, 0.717) is 10.6 Å². The van der Waals surface area contributed by atoms with Crippen LogP contribution in [0.4, 0.5) is 13.2 Å². The van der Waals surface area contributed by atoms with Crippen LogP contribution in [0.1, 0.15) is 5.56 Å². The molecule has 0 aliphatic carbocycles. The summed E-state index contributed by atoms with van der Waals surface area (Å²) in [5, 5.41) is 0.617. The molecule has 2 aromatic rings. The molecule has 5 heteroatoms. The van der Waals surface area contributed by atoms with Crippen LogP contribution in [-0.4, -0.2) is 6.36 Å². The first-order chi connectivity index (χ1) is 8.85. The first kappa shape index (κ1) is 13.7. The monoisotopic (exact) mass is 286 g/mol. The van der Waals surface area contributed by atoms with E-state index in [1.54, 1.807) is 18.2 Å². The molecule has 0 saturated carbocycles. The van der Waals surface area contributed by atoms with Gasteiger partial charge in [0.25, 0.3) is 0 Å². The smallest absolute Gasteiger partial charge is 0.406 e. The Labute approximate surface area is 113 Å². The number of hydrogen-bond acceptors (Lipinski definition) is 1. The Hall–Kier alpha value is -1.68. The lowest BCUT2D eigenvalue weighted by atomic mass is 10.0. The van der Waals surface area contributed by atoms with E-state index >= 15 is 0 Å². The summed E-state index contributed by atoms with van der Waals surface area (Å²) in [6, 6.07) is 11.1. The van der Waals surface area contributed by atoms with Crippen LogP contribution in [0.15, 0.2) is 42.5 Å². The molecular weight excluding hydrogens is 277 g/mol. The second-order valence-electron chi connectivity index (χ2n) is 4.04. The van der Waals surface area contributed by atoms with Crippen LogP contribution in [0.5, 0.6) is 5.75 Å². The Balaban J connectivity index is 2.35. The van der Waals surface area contributed by atoms with Crippen LogP contribution in [-0.2, 0) is 0 Å². The third-order valence-electron chi connectivity index (χ3n) is 2.56. The SMILES string of the molecule is Cc1cc(-c2cccc(OC(F)(F)F)c2)ccc1Cl. The van der Waals surface area contributed by atoms with Crippen molar-refractivity contribution >= 4 is 11.6 Å². The molecule has 100 valence electrons. The van der Waals surface area contributed by atoms with Gasteiger partial charge in [-0.3, -0.25) is 0 Å². The molecule has 0 fully saturated rings. The highest BCUT2D eigenvalue weighted by Crippen LogP contribution is 2.29. The quantitative estimate of drug-likeness (QED) is 0.736. The molecule has 0 atom stereocenters. The molecule has 2 rings (SSSR count). The van der Waals surface area contributed by atoms with Gasteiger partial charge in [-0.25, -0.2) is 0 Å². The van der Waals surface area contributed by atoms with Crippen molar-refractivity contribution in [2.75, 3.05) is 0 Å². The van der Waals surface area contributed by atoms with Crippen molar-refractivity contribution in [3.8, 4) is 16.9 Å². The zero-order chi connectivity index (χ0) is 14.0. The third kappa shape index (κ3) is 3.64. The maximum Gasteiger partial charge on any atom is 0.573 e. The molecule has 0 aromatic heterocycles. The number of rotatable bonds is 2. The molecule has 1 nitrogen and oxygen atoms in total. The van der Waals surface area contributed by atoms with Gasteiger partial charge in [0.05, 0.1) is 0 Å². The van der Waals surface area contributed by atoms with Crippen molar-refractivity contribution in [1.82, 2.24) is 0 Å². The van der Waals surface area contributed by atoms with Gasteiger partial charge in [-0.15, -0.1) is 13.2 Å². The molecule has 0 heterocycles. The van der Waals surface area contributed by atoms with Crippen molar-refractivity contribution in [2.45, 2.75) is 13.3 Å². The van der Waals surface area contributed by atoms with E-state index in [1.165, 1.54) is 18.2 Å². The van der Waals surface area contributed by atoms with E-state index in [4.69, 9.17) is 11.6 Å². The van der Waals surface area contributed by atoms with Gasteiger partial charge in [0, 0.05) is 5.02 Å². The summed E-state index contributed by atoms with van der Waals surface area (Å²) in [5.74, 6) is -0.238. The Morgan fingerprint density at radius 1 is 1.00 bits per heavy atom. The second-order valence-corrected chi connectivity index (χ2v) is 4.45. The van der Waals surface area contributed by atoms with Crippen molar-refractivity contribution < 1.29 is 17.9 Å². The van der Waals surface area contributed by atoms with Crippen LogP contribution in [0.3, 0.4) is 0 Å². The minimum absolute atomic E-state index is 0.238. The highest BCUT2D eigenvalue weighted by atomic mass is 35.5. The van der Waals surface area contributed by atoms with Gasteiger partial charge in [0.2, 0.25) is 0 Å². The summed E-state index contributed by atoms with van der Waals surface area (Å²) in [7, 11) is 0. The maximum atomic E-state index is 12.2. The number of benzene rings is 2. The summed E-state index contributed by atoms with van der Waals surface area (Å²) in [4.78, 5) is 0. The van der Waals surface area contributed by atoms with Gasteiger partial charge in [-0.05, 0) is 47.9 Å². The van der Waals surface area contributed by atoms with E-state index in [1.807, 2.05) is 13.0 Å². The second kappa shape index (κ2) is 5.13. The molecule has 0 bridgehead atoms. The highest BCUT2D eigenvalue weighted by Gasteiger charge is 2.31. The molecule has 0 spiro atoms. The van der Waals surface area contributed by atoms with E-state index in [2.05, 4.69) is 4.74 Å². The van der Waals surface area contributed by atoms with Crippen LogP contribution >= 0.6 is 11.6 Å². The van der Waals surface area contributed by atoms with Gasteiger partial charge in [0.15, 0.2) is 0 Å². The van der Waals surface area contributed by atoms with Crippen molar-refractivity contribution in [3.05, 3.63) is 53.1 Å². The minimum atomic E-state index is -4.69. The molecule has 2 aromatic carbocycles. The molecule has 0 aliphatic heterocycles. The summed E-state index contributed by atoms with van der Waals surface area (Å²) in [6.07, 6.45) is -4.69. The van der Waals surface area contributed by atoms with E-state index in [9.17, 15) is 13.2 Å². The van der Waals surface area contributed by atoms with Crippen LogP contribution in [0.25, 0.3) is 11.1 Å².